The zero-order valence-electron chi connectivity index (χ0n) is 17.8. The fourth-order valence-corrected chi connectivity index (χ4v) is 3.24. The molecule has 1 N–H and O–H groups in total. The van der Waals surface area contributed by atoms with Crippen molar-refractivity contribution in [2.45, 2.75) is 46.3 Å². The maximum absolute atomic E-state index is 12.8. The molecule has 2 aromatic carbocycles. The van der Waals surface area contributed by atoms with Crippen LogP contribution in [0.2, 0.25) is 0 Å². The molecule has 1 aromatic heterocycles. The van der Waals surface area contributed by atoms with Crippen molar-refractivity contribution in [1.82, 2.24) is 5.32 Å². The molecular formula is C24H25NO6. The third-order valence-corrected chi connectivity index (χ3v) is 4.82. The topological polar surface area (TPSA) is 94.8 Å². The fraction of sp³-hybridized carbons (Fsp3) is 0.292. The first-order valence-corrected chi connectivity index (χ1v) is 10.2. The van der Waals surface area contributed by atoms with Crippen molar-refractivity contribution < 1.29 is 23.5 Å². The quantitative estimate of drug-likeness (QED) is 0.346. The highest BCUT2D eigenvalue weighted by atomic mass is 16.6. The molecule has 0 radical (unpaired) electrons. The largest absolute Gasteiger partial charge is 0.445 e. The number of esters is 1. The van der Waals surface area contributed by atoms with Crippen LogP contribution in [0.3, 0.4) is 0 Å². The monoisotopic (exact) mass is 423 g/mol. The summed E-state index contributed by atoms with van der Waals surface area (Å²) >= 11 is 0. The van der Waals surface area contributed by atoms with Gasteiger partial charge in [-0.15, -0.1) is 0 Å². The molecule has 0 bridgehead atoms. The van der Waals surface area contributed by atoms with Gasteiger partial charge in [0.1, 0.15) is 24.0 Å². The number of aryl methyl sites for hydroxylation is 2. The van der Waals surface area contributed by atoms with Gasteiger partial charge < -0.3 is 19.2 Å². The molecule has 0 spiro atoms. The van der Waals surface area contributed by atoms with E-state index in [0.717, 1.165) is 16.7 Å². The standard InChI is InChI=1S/C24H25NO6/c1-4-17-13-21(26)30-19-11-15(3)12-20(22(17)19)31-23(27)18(5-2)25-24(28)29-14-16-9-7-6-8-10-16/h6-13,18H,4-5,14H2,1-3H3,(H,25,28). The van der Waals surface area contributed by atoms with Crippen LogP contribution in [0.25, 0.3) is 11.0 Å². The van der Waals surface area contributed by atoms with Gasteiger partial charge in [-0.1, -0.05) is 44.2 Å². The van der Waals surface area contributed by atoms with Crippen LogP contribution in [-0.2, 0) is 22.6 Å². The van der Waals surface area contributed by atoms with Gasteiger partial charge in [0.05, 0.1) is 5.39 Å². The molecule has 1 amide bonds. The molecular weight excluding hydrogens is 398 g/mol. The molecule has 1 atom stereocenters. The maximum atomic E-state index is 12.8. The van der Waals surface area contributed by atoms with Crippen LogP contribution in [-0.4, -0.2) is 18.1 Å². The molecule has 3 rings (SSSR count). The molecule has 162 valence electrons. The van der Waals surface area contributed by atoms with E-state index >= 15 is 0 Å². The van der Waals surface area contributed by atoms with Crippen LogP contribution < -0.4 is 15.7 Å². The van der Waals surface area contributed by atoms with Gasteiger partial charge >= 0.3 is 17.7 Å². The van der Waals surface area contributed by atoms with Crippen LogP contribution in [0.1, 0.15) is 37.0 Å². The molecule has 1 heterocycles. The number of benzene rings is 2. The normalized spacial score (nSPS) is 11.7. The van der Waals surface area contributed by atoms with E-state index < -0.39 is 23.7 Å². The predicted molar refractivity (Wildman–Crippen MR) is 116 cm³/mol. The first-order chi connectivity index (χ1) is 14.9. The van der Waals surface area contributed by atoms with E-state index in [0.29, 0.717) is 29.6 Å². The number of carbonyl (C=O) groups is 2. The Hall–Kier alpha value is -3.61. The molecule has 1 unspecified atom stereocenters. The lowest BCUT2D eigenvalue weighted by Crippen LogP contribution is -2.42. The van der Waals surface area contributed by atoms with Gasteiger partial charge in [-0.05, 0) is 48.6 Å². The summed E-state index contributed by atoms with van der Waals surface area (Å²) in [4.78, 5) is 36.8. The Morgan fingerprint density at radius 1 is 1.10 bits per heavy atom. The van der Waals surface area contributed by atoms with E-state index in [1.807, 2.05) is 44.2 Å². The second kappa shape index (κ2) is 9.93. The van der Waals surface area contributed by atoms with E-state index in [1.165, 1.54) is 6.07 Å². The molecule has 0 aliphatic carbocycles. The third kappa shape index (κ3) is 5.51. The Bertz CT molecular complexity index is 1140. The lowest BCUT2D eigenvalue weighted by atomic mass is 10.0. The number of nitrogens with one attached hydrogen (secondary N) is 1. The summed E-state index contributed by atoms with van der Waals surface area (Å²) in [7, 11) is 0. The summed E-state index contributed by atoms with van der Waals surface area (Å²) in [5.41, 5.74) is 2.23. The first kappa shape index (κ1) is 22.1. The van der Waals surface area contributed by atoms with Crippen LogP contribution >= 0.6 is 0 Å². The van der Waals surface area contributed by atoms with E-state index in [4.69, 9.17) is 13.9 Å². The average molecular weight is 423 g/mol. The number of ether oxygens (including phenoxy) is 2. The zero-order valence-corrected chi connectivity index (χ0v) is 17.8. The molecule has 0 aliphatic rings. The molecule has 0 saturated carbocycles. The molecule has 0 saturated heterocycles. The summed E-state index contributed by atoms with van der Waals surface area (Å²) in [5, 5.41) is 3.12. The second-order valence-corrected chi connectivity index (χ2v) is 7.17. The third-order valence-electron chi connectivity index (χ3n) is 4.82. The smallest absolute Gasteiger partial charge is 0.408 e. The highest BCUT2D eigenvalue weighted by molar-refractivity contribution is 5.91. The maximum Gasteiger partial charge on any atom is 0.408 e. The number of hydrogen-bond donors (Lipinski definition) is 1. The van der Waals surface area contributed by atoms with Gasteiger partial charge in [-0.2, -0.15) is 0 Å². The van der Waals surface area contributed by atoms with Gasteiger partial charge in [0, 0.05) is 6.07 Å². The highest BCUT2D eigenvalue weighted by Gasteiger charge is 2.23. The van der Waals surface area contributed by atoms with Crippen molar-refractivity contribution in [1.29, 1.82) is 0 Å². The minimum Gasteiger partial charge on any atom is -0.445 e. The Balaban J connectivity index is 1.75. The summed E-state index contributed by atoms with van der Waals surface area (Å²) in [6.45, 7) is 5.57. The Morgan fingerprint density at radius 2 is 1.84 bits per heavy atom. The van der Waals surface area contributed by atoms with Gasteiger partial charge in [0.25, 0.3) is 0 Å². The second-order valence-electron chi connectivity index (χ2n) is 7.17. The van der Waals surface area contributed by atoms with Crippen molar-refractivity contribution in [3.8, 4) is 5.75 Å². The van der Waals surface area contributed by atoms with Crippen molar-refractivity contribution in [2.24, 2.45) is 0 Å². The number of hydrogen-bond acceptors (Lipinski definition) is 6. The van der Waals surface area contributed by atoms with Crippen LogP contribution in [0.4, 0.5) is 4.79 Å². The lowest BCUT2D eigenvalue weighted by Gasteiger charge is -2.17. The summed E-state index contributed by atoms with van der Waals surface area (Å²) in [6, 6.07) is 13.2. The highest BCUT2D eigenvalue weighted by Crippen LogP contribution is 2.30. The SMILES string of the molecule is CCc1cc(=O)oc2cc(C)cc(OC(=O)C(CC)NC(=O)OCc3ccccc3)c12. The molecule has 7 heteroatoms. The van der Waals surface area contributed by atoms with E-state index in [2.05, 4.69) is 5.32 Å². The molecule has 0 aliphatic heterocycles. The number of fused-ring (bicyclic) bond motifs is 1. The fourth-order valence-electron chi connectivity index (χ4n) is 3.24. The van der Waals surface area contributed by atoms with Crippen LogP contribution in [0.5, 0.6) is 5.75 Å². The molecule has 31 heavy (non-hydrogen) atoms. The Morgan fingerprint density at radius 3 is 2.52 bits per heavy atom. The van der Waals surface area contributed by atoms with Crippen LogP contribution in [0.15, 0.2) is 57.7 Å². The predicted octanol–water partition coefficient (Wildman–Crippen LogP) is 4.27. The minimum absolute atomic E-state index is 0.0968. The summed E-state index contributed by atoms with van der Waals surface area (Å²) in [5.74, 6) is -0.335. The van der Waals surface area contributed by atoms with Crippen molar-refractivity contribution >= 4 is 23.0 Å². The first-order valence-electron chi connectivity index (χ1n) is 10.2. The van der Waals surface area contributed by atoms with Gasteiger partial charge in [-0.3, -0.25) is 0 Å². The molecule has 0 fully saturated rings. The number of carbonyl (C=O) groups excluding carboxylic acids is 2. The van der Waals surface area contributed by atoms with Crippen LogP contribution in [0, 0.1) is 6.92 Å². The van der Waals surface area contributed by atoms with Gasteiger partial charge in [-0.25, -0.2) is 14.4 Å². The Labute approximate surface area is 180 Å². The minimum atomic E-state index is -0.889. The number of amides is 1. The molecule has 7 nitrogen and oxygen atoms in total. The summed E-state index contributed by atoms with van der Waals surface area (Å²) < 4.78 is 16.1. The Kier molecular flexibility index (Phi) is 7.07. The average Bonchev–Trinajstić information content (AvgIpc) is 2.75. The molecule has 3 aromatic rings. The van der Waals surface area contributed by atoms with Crippen molar-refractivity contribution in [2.75, 3.05) is 0 Å². The number of rotatable bonds is 7. The summed E-state index contributed by atoms with van der Waals surface area (Å²) in [6.07, 6.45) is 0.178. The van der Waals surface area contributed by atoms with E-state index in [9.17, 15) is 14.4 Å². The number of alkyl carbamates (subject to hydrolysis) is 1. The van der Waals surface area contributed by atoms with Gasteiger partial charge in [0.2, 0.25) is 0 Å². The van der Waals surface area contributed by atoms with Gasteiger partial charge in [0.15, 0.2) is 0 Å². The zero-order chi connectivity index (χ0) is 22.4. The van der Waals surface area contributed by atoms with Crippen molar-refractivity contribution in [3.05, 3.63) is 75.6 Å². The van der Waals surface area contributed by atoms with Crippen molar-refractivity contribution in [3.63, 3.8) is 0 Å². The van der Waals surface area contributed by atoms with E-state index in [-0.39, 0.29) is 6.61 Å². The lowest BCUT2D eigenvalue weighted by molar-refractivity contribution is -0.136. The van der Waals surface area contributed by atoms with E-state index in [1.54, 1.807) is 19.1 Å².